The van der Waals surface area contributed by atoms with E-state index in [0.29, 0.717) is 42.1 Å². The molecule has 39 heavy (non-hydrogen) atoms. The summed E-state index contributed by atoms with van der Waals surface area (Å²) in [5.41, 5.74) is 2.82. The summed E-state index contributed by atoms with van der Waals surface area (Å²) in [5, 5.41) is 8.70. The number of ether oxygens (including phenoxy) is 2. The molecule has 7 nitrogen and oxygen atoms in total. The molecule has 8 heteroatoms. The lowest BCUT2D eigenvalue weighted by atomic mass is 10.1. The summed E-state index contributed by atoms with van der Waals surface area (Å²) in [4.78, 5) is 25.1. The molecule has 0 aliphatic rings. The molecule has 4 rings (SSSR count). The Kier molecular flexibility index (Phi) is 10.0. The normalized spacial score (nSPS) is 10.3. The van der Waals surface area contributed by atoms with E-state index in [4.69, 9.17) is 21.7 Å². The van der Waals surface area contributed by atoms with Crippen LogP contribution >= 0.6 is 12.2 Å². The lowest BCUT2D eigenvalue weighted by Gasteiger charge is -2.14. The maximum Gasteiger partial charge on any atom is 0.261 e. The predicted octanol–water partition coefficient (Wildman–Crippen LogP) is 5.84. The topological polar surface area (TPSA) is 88.7 Å². The lowest BCUT2D eigenvalue weighted by molar-refractivity contribution is -0.116. The average Bonchev–Trinajstić information content (AvgIpc) is 2.96. The van der Waals surface area contributed by atoms with Crippen LogP contribution in [0.2, 0.25) is 0 Å². The number of thiocarbonyl (C=S) groups is 1. The molecule has 4 aromatic carbocycles. The molecule has 0 radical (unpaired) electrons. The number of aryl methyl sites for hydroxylation is 1. The fourth-order valence-electron chi connectivity index (χ4n) is 3.70. The van der Waals surface area contributed by atoms with E-state index in [9.17, 15) is 9.59 Å². The Morgan fingerprint density at radius 1 is 0.667 bits per heavy atom. The van der Waals surface area contributed by atoms with Crippen molar-refractivity contribution in [3.8, 4) is 11.5 Å². The van der Waals surface area contributed by atoms with E-state index in [0.717, 1.165) is 11.3 Å². The highest BCUT2D eigenvalue weighted by Crippen LogP contribution is 2.19. The molecule has 4 aromatic rings. The Labute approximate surface area is 233 Å². The summed E-state index contributed by atoms with van der Waals surface area (Å²) in [6.45, 7) is 0.612. The van der Waals surface area contributed by atoms with Gasteiger partial charge in [0.25, 0.3) is 5.91 Å². The van der Waals surface area contributed by atoms with Crippen molar-refractivity contribution in [1.82, 2.24) is 5.32 Å². The van der Waals surface area contributed by atoms with Gasteiger partial charge in [0.05, 0.1) is 5.56 Å². The number of amides is 2. The molecule has 0 atom stereocenters. The Morgan fingerprint density at radius 3 is 1.97 bits per heavy atom. The highest BCUT2D eigenvalue weighted by molar-refractivity contribution is 7.80. The Morgan fingerprint density at radius 2 is 1.26 bits per heavy atom. The van der Waals surface area contributed by atoms with Crippen molar-refractivity contribution in [2.45, 2.75) is 12.8 Å². The van der Waals surface area contributed by atoms with Crippen LogP contribution in [0.4, 0.5) is 11.4 Å². The summed E-state index contributed by atoms with van der Waals surface area (Å²) in [5.74, 6) is 0.730. The lowest BCUT2D eigenvalue weighted by Crippen LogP contribution is -2.34. The maximum absolute atomic E-state index is 12.9. The second-order valence-electron chi connectivity index (χ2n) is 8.53. The van der Waals surface area contributed by atoms with E-state index in [-0.39, 0.29) is 17.6 Å². The van der Waals surface area contributed by atoms with Crippen molar-refractivity contribution in [3.05, 3.63) is 120 Å². The number of nitrogens with one attached hydrogen (secondary N) is 3. The van der Waals surface area contributed by atoms with E-state index in [2.05, 4.69) is 16.0 Å². The van der Waals surface area contributed by atoms with Crippen LogP contribution in [0.15, 0.2) is 109 Å². The van der Waals surface area contributed by atoms with Gasteiger partial charge in [-0.1, -0.05) is 60.7 Å². The molecule has 0 heterocycles. The number of anilines is 2. The van der Waals surface area contributed by atoms with Gasteiger partial charge >= 0.3 is 0 Å². The summed E-state index contributed by atoms with van der Waals surface area (Å²) in [6.07, 6.45) is 1.07. The molecule has 0 spiro atoms. The number of carbonyl (C=O) groups excluding carboxylic acids is 2. The quantitative estimate of drug-likeness (QED) is 0.164. The summed E-state index contributed by atoms with van der Waals surface area (Å²) in [6, 6.07) is 33.4. The molecule has 0 aliphatic heterocycles. The van der Waals surface area contributed by atoms with Gasteiger partial charge in [0.2, 0.25) is 5.91 Å². The van der Waals surface area contributed by atoms with Gasteiger partial charge < -0.3 is 20.1 Å². The predicted molar refractivity (Wildman–Crippen MR) is 157 cm³/mol. The third-order valence-electron chi connectivity index (χ3n) is 5.62. The summed E-state index contributed by atoms with van der Waals surface area (Å²) in [7, 11) is 0. The molecule has 198 valence electrons. The molecule has 0 saturated carbocycles. The monoisotopic (exact) mass is 539 g/mol. The van der Waals surface area contributed by atoms with Crippen molar-refractivity contribution in [2.24, 2.45) is 0 Å². The third-order valence-corrected chi connectivity index (χ3v) is 5.83. The van der Waals surface area contributed by atoms with Gasteiger partial charge in [-0.05, 0) is 72.7 Å². The number of rotatable bonds is 11. The fourth-order valence-corrected chi connectivity index (χ4v) is 3.91. The van der Waals surface area contributed by atoms with Crippen LogP contribution in [0.1, 0.15) is 22.3 Å². The average molecular weight is 540 g/mol. The molecular formula is C31H29N3O4S. The third kappa shape index (κ3) is 8.98. The zero-order valence-corrected chi connectivity index (χ0v) is 22.1. The largest absolute Gasteiger partial charge is 0.490 e. The SMILES string of the molecule is O=C(CCc1ccccc1)Nc1ccc(NC(=S)NC(=O)c2ccccc2OCCOc2ccccc2)cc1. The van der Waals surface area contributed by atoms with Crippen LogP contribution in [0.25, 0.3) is 0 Å². The van der Waals surface area contributed by atoms with Gasteiger partial charge in [0, 0.05) is 17.8 Å². The number of carbonyl (C=O) groups is 2. The Bertz CT molecular complexity index is 1380. The summed E-state index contributed by atoms with van der Waals surface area (Å²) < 4.78 is 11.4. The number of benzene rings is 4. The van der Waals surface area contributed by atoms with Crippen LogP contribution in [0.3, 0.4) is 0 Å². The van der Waals surface area contributed by atoms with Gasteiger partial charge in [-0.15, -0.1) is 0 Å². The second kappa shape index (κ2) is 14.3. The van der Waals surface area contributed by atoms with Crippen LogP contribution in [0.5, 0.6) is 11.5 Å². The highest BCUT2D eigenvalue weighted by Gasteiger charge is 2.14. The standard InChI is InChI=1S/C31H29N3O4S/c35-29(20-15-23-9-3-1-4-10-23)32-24-16-18-25(19-17-24)33-31(39)34-30(36)27-13-7-8-14-28(27)38-22-21-37-26-11-5-2-6-12-26/h1-14,16-19H,15,20-22H2,(H,32,35)(H2,33,34,36,39). The summed E-state index contributed by atoms with van der Waals surface area (Å²) >= 11 is 5.33. The number of para-hydroxylation sites is 2. The molecular weight excluding hydrogens is 510 g/mol. The van der Waals surface area contributed by atoms with E-state index in [1.165, 1.54) is 0 Å². The molecule has 0 bridgehead atoms. The minimum Gasteiger partial charge on any atom is -0.490 e. The highest BCUT2D eigenvalue weighted by atomic mass is 32.1. The first-order valence-corrected chi connectivity index (χ1v) is 12.9. The van der Waals surface area contributed by atoms with E-state index in [1.54, 1.807) is 48.5 Å². The van der Waals surface area contributed by atoms with Crippen LogP contribution in [0, 0.1) is 0 Å². The maximum atomic E-state index is 12.9. The van der Waals surface area contributed by atoms with Gasteiger partial charge in [-0.3, -0.25) is 14.9 Å². The molecule has 0 unspecified atom stereocenters. The van der Waals surface area contributed by atoms with E-state index >= 15 is 0 Å². The number of hydrogen-bond acceptors (Lipinski definition) is 5. The van der Waals surface area contributed by atoms with Gasteiger partial charge in [-0.2, -0.15) is 0 Å². The van der Waals surface area contributed by atoms with Crippen molar-refractivity contribution in [2.75, 3.05) is 23.8 Å². The van der Waals surface area contributed by atoms with Crippen LogP contribution in [-0.4, -0.2) is 30.1 Å². The minimum absolute atomic E-state index is 0.0603. The van der Waals surface area contributed by atoms with E-state index < -0.39 is 5.91 Å². The van der Waals surface area contributed by atoms with Gasteiger partial charge in [0.15, 0.2) is 5.11 Å². The smallest absolute Gasteiger partial charge is 0.261 e. The Hall–Kier alpha value is -4.69. The molecule has 0 aliphatic carbocycles. The molecule has 3 N–H and O–H groups in total. The minimum atomic E-state index is -0.394. The van der Waals surface area contributed by atoms with Crippen molar-refractivity contribution < 1.29 is 19.1 Å². The second-order valence-corrected chi connectivity index (χ2v) is 8.93. The van der Waals surface area contributed by atoms with Crippen LogP contribution in [-0.2, 0) is 11.2 Å². The van der Waals surface area contributed by atoms with E-state index in [1.807, 2.05) is 60.7 Å². The molecule has 0 saturated heterocycles. The first kappa shape index (κ1) is 27.3. The van der Waals surface area contributed by atoms with Crippen molar-refractivity contribution in [1.29, 1.82) is 0 Å². The van der Waals surface area contributed by atoms with Crippen LogP contribution < -0.4 is 25.4 Å². The Balaban J connectivity index is 1.22. The fraction of sp³-hybridized carbons (Fsp3) is 0.129. The molecule has 0 fully saturated rings. The van der Waals surface area contributed by atoms with Gasteiger partial charge in [0.1, 0.15) is 24.7 Å². The van der Waals surface area contributed by atoms with Crippen molar-refractivity contribution >= 4 is 40.5 Å². The zero-order valence-electron chi connectivity index (χ0n) is 21.3. The number of hydrogen-bond donors (Lipinski definition) is 3. The first-order chi connectivity index (χ1) is 19.1. The molecule has 2 amide bonds. The van der Waals surface area contributed by atoms with Gasteiger partial charge in [-0.25, -0.2) is 0 Å². The zero-order chi connectivity index (χ0) is 27.3. The molecule has 0 aromatic heterocycles. The first-order valence-electron chi connectivity index (χ1n) is 12.5. The van der Waals surface area contributed by atoms with Crippen molar-refractivity contribution in [3.63, 3.8) is 0 Å².